The Hall–Kier alpha value is -4.18. The molecule has 3 aliphatic heterocycles. The molecule has 0 saturated carbocycles. The highest BCUT2D eigenvalue weighted by Crippen LogP contribution is 2.29. The van der Waals surface area contributed by atoms with E-state index in [9.17, 15) is 14.0 Å². The molecule has 0 spiro atoms. The van der Waals surface area contributed by atoms with E-state index in [0.29, 0.717) is 51.3 Å². The molecular weight excluding hydrogens is 469 g/mol. The van der Waals surface area contributed by atoms with Crippen LogP contribution in [0, 0.1) is 17.1 Å². The van der Waals surface area contributed by atoms with Crippen LogP contribution in [0.15, 0.2) is 29.8 Å². The van der Waals surface area contributed by atoms with Gasteiger partial charge in [0.1, 0.15) is 6.07 Å². The Morgan fingerprint density at radius 1 is 1.14 bits per heavy atom. The standard InChI is InChI=1S/C23H24FN9O3/c1-36-17-13-32(14-17)21(34)20-18(24)12-27-22(29-20)30-4-6-31(7-5-30)23(35)33-19(2-3-28-33)16-8-15(9-25)10-26-11-16/h3,8,10-12,17,19H,2,4-7,13-14H2,1H3. The molecule has 0 aliphatic carbocycles. The largest absolute Gasteiger partial charge is 0.378 e. The quantitative estimate of drug-likeness (QED) is 0.617. The van der Waals surface area contributed by atoms with Crippen molar-refractivity contribution in [2.75, 3.05) is 51.3 Å². The SMILES string of the molecule is COC1CN(C(=O)c2nc(N3CCN(C(=O)N4N=CCC4c4cncc(C#N)c4)CC3)ncc2F)C1. The van der Waals surface area contributed by atoms with E-state index in [-0.39, 0.29) is 29.8 Å². The number of urea groups is 1. The van der Waals surface area contributed by atoms with E-state index >= 15 is 0 Å². The van der Waals surface area contributed by atoms with Crippen LogP contribution in [0.5, 0.6) is 0 Å². The molecule has 1 unspecified atom stereocenters. The molecule has 0 radical (unpaired) electrons. The molecule has 2 aromatic rings. The second kappa shape index (κ2) is 9.82. The van der Waals surface area contributed by atoms with Crippen LogP contribution in [0.1, 0.15) is 34.1 Å². The zero-order valence-corrected chi connectivity index (χ0v) is 19.6. The minimum Gasteiger partial charge on any atom is -0.378 e. The number of anilines is 1. The van der Waals surface area contributed by atoms with Gasteiger partial charge in [-0.2, -0.15) is 10.4 Å². The number of hydrogen-bond donors (Lipinski definition) is 0. The zero-order chi connectivity index (χ0) is 25.2. The Bertz CT molecular complexity index is 1240. The first-order valence-electron chi connectivity index (χ1n) is 11.5. The van der Waals surface area contributed by atoms with Crippen LogP contribution < -0.4 is 4.90 Å². The van der Waals surface area contributed by atoms with Gasteiger partial charge in [0, 0.05) is 71.4 Å². The lowest BCUT2D eigenvalue weighted by Gasteiger charge is -2.38. The van der Waals surface area contributed by atoms with Crippen LogP contribution >= 0.6 is 0 Å². The molecule has 12 nitrogen and oxygen atoms in total. The predicted octanol–water partition coefficient (Wildman–Crippen LogP) is 1.03. The first-order valence-corrected chi connectivity index (χ1v) is 11.5. The Balaban J connectivity index is 1.22. The molecule has 3 aliphatic rings. The molecule has 1 atom stereocenters. The Labute approximate surface area is 206 Å². The van der Waals surface area contributed by atoms with Crippen molar-refractivity contribution in [2.45, 2.75) is 18.6 Å². The van der Waals surface area contributed by atoms with Crippen LogP contribution in [-0.4, -0.2) is 100 Å². The van der Waals surface area contributed by atoms with Gasteiger partial charge in [-0.05, 0) is 11.6 Å². The first kappa shape index (κ1) is 23.6. The van der Waals surface area contributed by atoms with Crippen LogP contribution in [0.4, 0.5) is 15.1 Å². The van der Waals surface area contributed by atoms with Crippen LogP contribution in [0.2, 0.25) is 0 Å². The van der Waals surface area contributed by atoms with E-state index in [4.69, 9.17) is 10.00 Å². The number of pyridine rings is 1. The molecule has 0 N–H and O–H groups in total. The van der Waals surface area contributed by atoms with Gasteiger partial charge in [0.05, 0.1) is 23.9 Å². The predicted molar refractivity (Wildman–Crippen MR) is 125 cm³/mol. The number of likely N-dealkylation sites (tertiary alicyclic amines) is 1. The summed E-state index contributed by atoms with van der Waals surface area (Å²) >= 11 is 0. The van der Waals surface area contributed by atoms with Crippen molar-refractivity contribution in [1.29, 1.82) is 5.26 Å². The van der Waals surface area contributed by atoms with Crippen molar-refractivity contribution >= 4 is 24.1 Å². The van der Waals surface area contributed by atoms with Gasteiger partial charge in [-0.3, -0.25) is 9.78 Å². The van der Waals surface area contributed by atoms with Gasteiger partial charge in [0.15, 0.2) is 11.5 Å². The average molecular weight is 494 g/mol. The molecule has 13 heteroatoms. The lowest BCUT2D eigenvalue weighted by atomic mass is 10.1. The molecular formula is C23H24FN9O3. The molecule has 2 aromatic heterocycles. The van der Waals surface area contributed by atoms with E-state index in [1.165, 1.54) is 16.1 Å². The Morgan fingerprint density at radius 3 is 2.64 bits per heavy atom. The summed E-state index contributed by atoms with van der Waals surface area (Å²) < 4.78 is 19.5. The van der Waals surface area contributed by atoms with Crippen LogP contribution in [-0.2, 0) is 4.74 Å². The summed E-state index contributed by atoms with van der Waals surface area (Å²) in [5, 5.41) is 14.8. The highest BCUT2D eigenvalue weighted by Gasteiger charge is 2.35. The topological polar surface area (TPSA) is 131 Å². The smallest absolute Gasteiger partial charge is 0.341 e. The van der Waals surface area contributed by atoms with Crippen molar-refractivity contribution < 1.29 is 18.7 Å². The molecule has 3 amide bonds. The van der Waals surface area contributed by atoms with Crippen molar-refractivity contribution in [2.24, 2.45) is 5.10 Å². The summed E-state index contributed by atoms with van der Waals surface area (Å²) in [5.74, 6) is -1.02. The van der Waals surface area contributed by atoms with Gasteiger partial charge < -0.3 is 19.4 Å². The average Bonchev–Trinajstić information content (AvgIpc) is 3.38. The molecule has 2 fully saturated rings. The van der Waals surface area contributed by atoms with Gasteiger partial charge in [0.2, 0.25) is 5.95 Å². The minimum absolute atomic E-state index is 0.0463. The van der Waals surface area contributed by atoms with Gasteiger partial charge in [-0.15, -0.1) is 0 Å². The minimum atomic E-state index is -0.772. The maximum absolute atomic E-state index is 14.3. The number of rotatable bonds is 4. The summed E-state index contributed by atoms with van der Waals surface area (Å²) in [6, 6.07) is 3.19. The number of hydrazone groups is 1. The summed E-state index contributed by atoms with van der Waals surface area (Å²) in [5.41, 5.74) is 0.898. The van der Waals surface area contributed by atoms with E-state index in [2.05, 4.69) is 26.1 Å². The lowest BCUT2D eigenvalue weighted by Crippen LogP contribution is -2.55. The second-order valence-electron chi connectivity index (χ2n) is 8.70. The molecule has 186 valence electrons. The fourth-order valence-corrected chi connectivity index (χ4v) is 4.38. The highest BCUT2D eigenvalue weighted by molar-refractivity contribution is 5.93. The highest BCUT2D eigenvalue weighted by atomic mass is 19.1. The van der Waals surface area contributed by atoms with Crippen LogP contribution in [0.3, 0.4) is 0 Å². The molecule has 0 bridgehead atoms. The maximum Gasteiger partial charge on any atom is 0.341 e. The number of carbonyl (C=O) groups excluding carboxylic acids is 2. The third-order valence-corrected chi connectivity index (χ3v) is 6.53. The number of nitrogens with zero attached hydrogens (tertiary/aromatic N) is 9. The fraction of sp³-hybridized carbons (Fsp3) is 0.435. The van der Waals surface area contributed by atoms with E-state index in [1.54, 1.807) is 30.5 Å². The summed E-state index contributed by atoms with van der Waals surface area (Å²) in [6.45, 7) is 2.36. The summed E-state index contributed by atoms with van der Waals surface area (Å²) in [4.78, 5) is 43.2. The molecule has 5 rings (SSSR count). The van der Waals surface area contributed by atoms with Gasteiger partial charge >= 0.3 is 6.03 Å². The van der Waals surface area contributed by atoms with Gasteiger partial charge in [-0.1, -0.05) is 0 Å². The van der Waals surface area contributed by atoms with Crippen molar-refractivity contribution in [1.82, 2.24) is 29.8 Å². The van der Waals surface area contributed by atoms with Gasteiger partial charge in [0.25, 0.3) is 5.91 Å². The number of aromatic nitrogens is 3. The number of carbonyl (C=O) groups is 2. The summed E-state index contributed by atoms with van der Waals surface area (Å²) in [6.07, 6.45) is 6.28. The number of nitriles is 1. The molecule has 36 heavy (non-hydrogen) atoms. The zero-order valence-electron chi connectivity index (χ0n) is 19.6. The number of halogens is 1. The summed E-state index contributed by atoms with van der Waals surface area (Å²) in [7, 11) is 1.57. The number of piperazine rings is 1. The van der Waals surface area contributed by atoms with Crippen molar-refractivity contribution in [3.63, 3.8) is 0 Å². The third-order valence-electron chi connectivity index (χ3n) is 6.53. The first-order chi connectivity index (χ1) is 17.5. The molecule has 2 saturated heterocycles. The molecule has 5 heterocycles. The van der Waals surface area contributed by atoms with Crippen molar-refractivity contribution in [3.8, 4) is 6.07 Å². The normalized spacial score (nSPS) is 19.9. The Morgan fingerprint density at radius 2 is 1.92 bits per heavy atom. The maximum atomic E-state index is 14.3. The van der Waals surface area contributed by atoms with Crippen LogP contribution in [0.25, 0.3) is 0 Å². The monoisotopic (exact) mass is 493 g/mol. The fourth-order valence-electron chi connectivity index (χ4n) is 4.38. The van der Waals surface area contributed by atoms with E-state index in [0.717, 1.165) is 11.8 Å². The second-order valence-corrected chi connectivity index (χ2v) is 8.70. The van der Waals surface area contributed by atoms with Gasteiger partial charge in [-0.25, -0.2) is 24.2 Å². The number of ether oxygens (including phenoxy) is 1. The van der Waals surface area contributed by atoms with Crippen molar-refractivity contribution in [3.05, 3.63) is 47.3 Å². The third kappa shape index (κ3) is 4.42. The lowest BCUT2D eigenvalue weighted by molar-refractivity contribution is -0.0197. The van der Waals surface area contributed by atoms with E-state index in [1.807, 2.05) is 4.90 Å². The molecule has 0 aromatic carbocycles. The number of hydrogen-bond acceptors (Lipinski definition) is 9. The van der Waals surface area contributed by atoms with E-state index < -0.39 is 11.7 Å². The number of methoxy groups -OCH3 is 1. The Kier molecular flexibility index (Phi) is 6.43. The number of amides is 3.